The van der Waals surface area contributed by atoms with E-state index < -0.39 is 0 Å². The first-order chi connectivity index (χ1) is 6.25. The van der Waals surface area contributed by atoms with Gasteiger partial charge in [0.1, 0.15) is 0 Å². The van der Waals surface area contributed by atoms with Crippen LogP contribution in [0.1, 0.15) is 23.1 Å². The molecule has 1 rings (SSSR count). The number of rotatable bonds is 3. The third-order valence-electron chi connectivity index (χ3n) is 2.28. The molecule has 2 N–H and O–H groups in total. The van der Waals surface area contributed by atoms with Gasteiger partial charge in [0.25, 0.3) is 0 Å². The average Bonchev–Trinajstić information content (AvgIpc) is 2.13. The van der Waals surface area contributed by atoms with Crippen molar-refractivity contribution in [2.45, 2.75) is 20.3 Å². The molecule has 1 aromatic rings. The highest BCUT2D eigenvalue weighted by molar-refractivity contribution is 5.55. The van der Waals surface area contributed by atoms with Crippen LogP contribution in [0, 0.1) is 13.8 Å². The van der Waals surface area contributed by atoms with Gasteiger partial charge in [-0.2, -0.15) is 0 Å². The summed E-state index contributed by atoms with van der Waals surface area (Å²) >= 11 is 0. The Morgan fingerprint density at radius 2 is 2.08 bits per heavy atom. The molecule has 0 saturated carbocycles. The smallest absolute Gasteiger partial charge is 0.00425 e. The van der Waals surface area contributed by atoms with E-state index >= 15 is 0 Å². The third kappa shape index (κ3) is 2.71. The lowest BCUT2D eigenvalue weighted by atomic mass is 10.0. The first-order valence-corrected chi connectivity index (χ1v) is 4.68. The van der Waals surface area contributed by atoms with Crippen LogP contribution < -0.4 is 5.73 Å². The maximum absolute atomic E-state index is 5.41. The van der Waals surface area contributed by atoms with Crippen molar-refractivity contribution in [2.24, 2.45) is 5.73 Å². The first-order valence-electron chi connectivity index (χ1n) is 4.68. The number of aryl methyl sites for hydroxylation is 1. The number of hydrogen-bond donors (Lipinski definition) is 1. The molecule has 0 aliphatic carbocycles. The van der Waals surface area contributed by atoms with Crippen molar-refractivity contribution in [3.63, 3.8) is 0 Å². The Labute approximate surface area is 80.3 Å². The molecule has 0 fully saturated rings. The van der Waals surface area contributed by atoms with Gasteiger partial charge < -0.3 is 5.73 Å². The Kier molecular flexibility index (Phi) is 3.71. The van der Waals surface area contributed by atoms with Crippen LogP contribution in [0.25, 0.3) is 6.08 Å². The van der Waals surface area contributed by atoms with E-state index in [2.05, 4.69) is 44.2 Å². The fourth-order valence-corrected chi connectivity index (χ4v) is 1.26. The molecular formula is C12H17N. The molecule has 0 aliphatic heterocycles. The number of benzene rings is 1. The molecule has 1 nitrogen and oxygen atoms in total. The number of nitrogens with two attached hydrogens (primary N) is 1. The maximum atomic E-state index is 5.41. The summed E-state index contributed by atoms with van der Waals surface area (Å²) in [6.45, 7) is 5.01. The molecule has 13 heavy (non-hydrogen) atoms. The second-order valence-corrected chi connectivity index (χ2v) is 3.27. The van der Waals surface area contributed by atoms with Crippen molar-refractivity contribution in [2.75, 3.05) is 6.54 Å². The Hall–Kier alpha value is -1.08. The van der Waals surface area contributed by atoms with Crippen molar-refractivity contribution in [3.8, 4) is 0 Å². The van der Waals surface area contributed by atoms with Crippen molar-refractivity contribution < 1.29 is 0 Å². The lowest BCUT2D eigenvalue weighted by Gasteiger charge is -2.03. The van der Waals surface area contributed by atoms with Crippen LogP contribution in [-0.4, -0.2) is 6.54 Å². The zero-order valence-electron chi connectivity index (χ0n) is 8.38. The van der Waals surface area contributed by atoms with Crippen LogP contribution >= 0.6 is 0 Å². The van der Waals surface area contributed by atoms with Gasteiger partial charge in [0, 0.05) is 0 Å². The molecule has 1 aromatic carbocycles. The van der Waals surface area contributed by atoms with Gasteiger partial charge in [-0.1, -0.05) is 30.4 Å². The lowest BCUT2D eigenvalue weighted by molar-refractivity contribution is 1.01. The van der Waals surface area contributed by atoms with Crippen molar-refractivity contribution in [1.29, 1.82) is 0 Å². The summed E-state index contributed by atoms with van der Waals surface area (Å²) in [5.74, 6) is 0. The van der Waals surface area contributed by atoms with Gasteiger partial charge in [0.05, 0.1) is 0 Å². The van der Waals surface area contributed by atoms with E-state index in [0.29, 0.717) is 0 Å². The molecule has 0 radical (unpaired) electrons. The largest absolute Gasteiger partial charge is 0.330 e. The van der Waals surface area contributed by atoms with Crippen molar-refractivity contribution in [3.05, 3.63) is 41.0 Å². The minimum atomic E-state index is 0.724. The normalized spacial score (nSPS) is 11.0. The summed E-state index contributed by atoms with van der Waals surface area (Å²) in [5.41, 5.74) is 9.41. The highest BCUT2D eigenvalue weighted by Crippen LogP contribution is 2.14. The van der Waals surface area contributed by atoms with Crippen LogP contribution in [0.5, 0.6) is 0 Å². The summed E-state index contributed by atoms with van der Waals surface area (Å²) in [4.78, 5) is 0. The van der Waals surface area contributed by atoms with Crippen LogP contribution in [0.2, 0.25) is 0 Å². The van der Waals surface area contributed by atoms with Gasteiger partial charge in [-0.25, -0.2) is 0 Å². The zero-order valence-corrected chi connectivity index (χ0v) is 8.38. The summed E-state index contributed by atoms with van der Waals surface area (Å²) in [6, 6.07) is 6.36. The van der Waals surface area contributed by atoms with E-state index in [4.69, 9.17) is 5.73 Å². The molecule has 70 valence electrons. The molecule has 0 saturated heterocycles. The Bertz CT molecular complexity index is 300. The van der Waals surface area contributed by atoms with Crippen LogP contribution in [-0.2, 0) is 0 Å². The van der Waals surface area contributed by atoms with E-state index in [9.17, 15) is 0 Å². The van der Waals surface area contributed by atoms with Gasteiger partial charge in [0.2, 0.25) is 0 Å². The van der Waals surface area contributed by atoms with E-state index in [1.54, 1.807) is 0 Å². The quantitative estimate of drug-likeness (QED) is 0.751. The standard InChI is InChI=1S/C12H17N/c1-10-6-5-8-12(11(10)2)7-3-4-9-13/h3,5-8H,4,9,13H2,1-2H3/b7-3+. The molecular weight excluding hydrogens is 158 g/mol. The van der Waals surface area contributed by atoms with E-state index in [1.807, 2.05) is 0 Å². The summed E-state index contributed by atoms with van der Waals surface area (Å²) < 4.78 is 0. The van der Waals surface area contributed by atoms with Crippen LogP contribution in [0.4, 0.5) is 0 Å². The highest BCUT2D eigenvalue weighted by atomic mass is 14.5. The molecule has 0 aromatic heterocycles. The fourth-order valence-electron chi connectivity index (χ4n) is 1.26. The third-order valence-corrected chi connectivity index (χ3v) is 2.28. The zero-order chi connectivity index (χ0) is 9.68. The van der Waals surface area contributed by atoms with E-state index in [-0.39, 0.29) is 0 Å². The van der Waals surface area contributed by atoms with Crippen LogP contribution in [0.3, 0.4) is 0 Å². The maximum Gasteiger partial charge on any atom is -0.00425 e. The predicted molar refractivity (Wildman–Crippen MR) is 58.6 cm³/mol. The number of hydrogen-bond acceptors (Lipinski definition) is 1. The van der Waals surface area contributed by atoms with Crippen molar-refractivity contribution >= 4 is 6.08 Å². The molecule has 0 spiro atoms. The lowest BCUT2D eigenvalue weighted by Crippen LogP contribution is -1.95. The molecule has 0 bridgehead atoms. The predicted octanol–water partition coefficient (Wildman–Crippen LogP) is 2.67. The SMILES string of the molecule is Cc1cccc(/C=C/CCN)c1C. The second-order valence-electron chi connectivity index (χ2n) is 3.27. The van der Waals surface area contributed by atoms with Gasteiger partial charge in [0.15, 0.2) is 0 Å². The van der Waals surface area contributed by atoms with Gasteiger partial charge in [-0.3, -0.25) is 0 Å². The second kappa shape index (κ2) is 4.83. The van der Waals surface area contributed by atoms with E-state index in [1.165, 1.54) is 16.7 Å². The summed E-state index contributed by atoms with van der Waals surface area (Å²) in [7, 11) is 0. The Balaban J connectivity index is 2.83. The first kappa shape index (κ1) is 10.0. The molecule has 0 aliphatic rings. The van der Waals surface area contributed by atoms with Crippen molar-refractivity contribution in [1.82, 2.24) is 0 Å². The molecule has 0 amide bonds. The van der Waals surface area contributed by atoms with Crippen LogP contribution in [0.15, 0.2) is 24.3 Å². The molecule has 0 atom stereocenters. The molecule has 1 heteroatoms. The minimum Gasteiger partial charge on any atom is -0.330 e. The van der Waals surface area contributed by atoms with Gasteiger partial charge >= 0.3 is 0 Å². The molecule has 0 unspecified atom stereocenters. The minimum absolute atomic E-state index is 0.724. The Morgan fingerprint density at radius 1 is 1.31 bits per heavy atom. The van der Waals surface area contributed by atoms with Gasteiger partial charge in [-0.15, -0.1) is 0 Å². The summed E-state index contributed by atoms with van der Waals surface area (Å²) in [6.07, 6.45) is 5.23. The average molecular weight is 175 g/mol. The molecule has 0 heterocycles. The fraction of sp³-hybridized carbons (Fsp3) is 0.333. The Morgan fingerprint density at radius 3 is 2.77 bits per heavy atom. The summed E-state index contributed by atoms with van der Waals surface area (Å²) in [5, 5.41) is 0. The van der Waals surface area contributed by atoms with Gasteiger partial charge in [-0.05, 0) is 43.5 Å². The van der Waals surface area contributed by atoms with E-state index in [0.717, 1.165) is 13.0 Å². The monoisotopic (exact) mass is 175 g/mol. The highest BCUT2D eigenvalue weighted by Gasteiger charge is 1.95. The topological polar surface area (TPSA) is 26.0 Å².